The molecule has 1 atom stereocenters. The maximum Gasteiger partial charge on any atom is 0.196 e. The second kappa shape index (κ2) is 5.12. The van der Waals surface area contributed by atoms with Crippen LogP contribution in [-0.2, 0) is 0 Å². The SMILES string of the molecule is Cc1cccc(N2C(N)=NCC2(C)C2CCCCC2)c1. The van der Waals surface area contributed by atoms with Gasteiger partial charge in [0.05, 0.1) is 12.1 Å². The van der Waals surface area contributed by atoms with E-state index in [1.165, 1.54) is 43.4 Å². The molecule has 1 saturated carbocycles. The molecular formula is C17H25N3. The molecule has 2 N–H and O–H groups in total. The lowest BCUT2D eigenvalue weighted by Crippen LogP contribution is -2.55. The van der Waals surface area contributed by atoms with E-state index in [-0.39, 0.29) is 5.54 Å². The Labute approximate surface area is 121 Å². The third-order valence-corrected chi connectivity index (χ3v) is 5.05. The van der Waals surface area contributed by atoms with E-state index in [0.29, 0.717) is 11.9 Å². The molecule has 3 nitrogen and oxygen atoms in total. The van der Waals surface area contributed by atoms with Crippen LogP contribution in [0.15, 0.2) is 29.3 Å². The first-order chi connectivity index (χ1) is 9.61. The second-order valence-corrected chi connectivity index (χ2v) is 6.54. The lowest BCUT2D eigenvalue weighted by Gasteiger charge is -2.44. The molecule has 0 bridgehead atoms. The van der Waals surface area contributed by atoms with Crippen LogP contribution < -0.4 is 10.6 Å². The number of aryl methyl sites for hydroxylation is 1. The Kier molecular flexibility index (Phi) is 3.45. The van der Waals surface area contributed by atoms with Crippen molar-refractivity contribution in [1.29, 1.82) is 0 Å². The molecule has 1 aromatic rings. The summed E-state index contributed by atoms with van der Waals surface area (Å²) >= 11 is 0. The van der Waals surface area contributed by atoms with Crippen molar-refractivity contribution < 1.29 is 0 Å². The zero-order chi connectivity index (χ0) is 14.2. The van der Waals surface area contributed by atoms with Crippen molar-refractivity contribution in [1.82, 2.24) is 0 Å². The first-order valence-corrected chi connectivity index (χ1v) is 7.78. The summed E-state index contributed by atoms with van der Waals surface area (Å²) in [6, 6.07) is 8.61. The third kappa shape index (κ3) is 2.19. The molecule has 1 fully saturated rings. The van der Waals surface area contributed by atoms with Gasteiger partial charge in [-0.1, -0.05) is 31.4 Å². The molecule has 0 aromatic heterocycles. The summed E-state index contributed by atoms with van der Waals surface area (Å²) in [7, 11) is 0. The Morgan fingerprint density at radius 1 is 1.25 bits per heavy atom. The van der Waals surface area contributed by atoms with E-state index >= 15 is 0 Å². The smallest absolute Gasteiger partial charge is 0.196 e. The predicted octanol–water partition coefficient (Wildman–Crippen LogP) is 3.47. The van der Waals surface area contributed by atoms with Crippen molar-refractivity contribution in [2.24, 2.45) is 16.6 Å². The van der Waals surface area contributed by atoms with E-state index in [1.807, 2.05) is 0 Å². The Bertz CT molecular complexity index is 517. The summed E-state index contributed by atoms with van der Waals surface area (Å²) in [5, 5.41) is 0. The molecular weight excluding hydrogens is 246 g/mol. The number of nitrogens with zero attached hydrogens (tertiary/aromatic N) is 2. The molecule has 0 saturated heterocycles. The molecule has 0 radical (unpaired) electrons. The van der Waals surface area contributed by atoms with Gasteiger partial charge in [0.25, 0.3) is 0 Å². The minimum absolute atomic E-state index is 0.0539. The lowest BCUT2D eigenvalue weighted by molar-refractivity contribution is 0.238. The molecule has 1 aliphatic heterocycles. The number of benzene rings is 1. The van der Waals surface area contributed by atoms with Crippen LogP contribution in [0.25, 0.3) is 0 Å². The van der Waals surface area contributed by atoms with Crippen molar-refractivity contribution in [3.8, 4) is 0 Å². The Morgan fingerprint density at radius 3 is 2.70 bits per heavy atom. The van der Waals surface area contributed by atoms with Crippen LogP contribution in [0.5, 0.6) is 0 Å². The highest BCUT2D eigenvalue weighted by Gasteiger charge is 2.45. The van der Waals surface area contributed by atoms with Gasteiger partial charge < -0.3 is 10.6 Å². The topological polar surface area (TPSA) is 41.6 Å². The van der Waals surface area contributed by atoms with E-state index in [9.17, 15) is 0 Å². The van der Waals surface area contributed by atoms with Crippen LogP contribution in [0.2, 0.25) is 0 Å². The molecule has 1 aliphatic carbocycles. The van der Waals surface area contributed by atoms with Crippen molar-refractivity contribution in [3.05, 3.63) is 29.8 Å². The van der Waals surface area contributed by atoms with Gasteiger partial charge in [0.15, 0.2) is 5.96 Å². The normalized spacial score (nSPS) is 27.7. The summed E-state index contributed by atoms with van der Waals surface area (Å²) in [5.41, 5.74) is 8.74. The van der Waals surface area contributed by atoms with Crippen LogP contribution in [0, 0.1) is 12.8 Å². The quantitative estimate of drug-likeness (QED) is 0.895. The van der Waals surface area contributed by atoms with Crippen molar-refractivity contribution in [2.75, 3.05) is 11.4 Å². The first-order valence-electron chi connectivity index (χ1n) is 7.78. The molecule has 2 aliphatic rings. The van der Waals surface area contributed by atoms with Gasteiger partial charge in [-0.2, -0.15) is 0 Å². The maximum absolute atomic E-state index is 6.22. The molecule has 108 valence electrons. The molecule has 3 rings (SSSR count). The fourth-order valence-electron chi connectivity index (χ4n) is 3.87. The largest absolute Gasteiger partial charge is 0.369 e. The van der Waals surface area contributed by atoms with Gasteiger partial charge in [-0.05, 0) is 50.3 Å². The van der Waals surface area contributed by atoms with Gasteiger partial charge in [0.2, 0.25) is 0 Å². The Balaban J connectivity index is 1.95. The number of guanidine groups is 1. The van der Waals surface area contributed by atoms with Crippen molar-refractivity contribution in [3.63, 3.8) is 0 Å². The highest BCUT2D eigenvalue weighted by atomic mass is 15.4. The summed E-state index contributed by atoms with van der Waals surface area (Å²) in [6.07, 6.45) is 6.69. The fourth-order valence-corrected chi connectivity index (χ4v) is 3.87. The molecule has 3 heteroatoms. The van der Waals surface area contributed by atoms with Crippen LogP contribution in [0.4, 0.5) is 5.69 Å². The summed E-state index contributed by atoms with van der Waals surface area (Å²) < 4.78 is 0. The second-order valence-electron chi connectivity index (χ2n) is 6.54. The first kappa shape index (κ1) is 13.5. The molecule has 1 unspecified atom stereocenters. The highest BCUT2D eigenvalue weighted by molar-refractivity contribution is 5.98. The summed E-state index contributed by atoms with van der Waals surface area (Å²) in [6.45, 7) is 5.30. The Morgan fingerprint density at radius 2 is 2.00 bits per heavy atom. The maximum atomic E-state index is 6.22. The molecule has 0 spiro atoms. The molecule has 1 heterocycles. The third-order valence-electron chi connectivity index (χ3n) is 5.05. The van der Waals surface area contributed by atoms with Gasteiger partial charge in [-0.15, -0.1) is 0 Å². The van der Waals surface area contributed by atoms with Crippen molar-refractivity contribution in [2.45, 2.75) is 51.5 Å². The minimum atomic E-state index is 0.0539. The number of hydrogen-bond acceptors (Lipinski definition) is 3. The van der Waals surface area contributed by atoms with Crippen LogP contribution in [0.3, 0.4) is 0 Å². The number of nitrogens with two attached hydrogens (primary N) is 1. The van der Waals surface area contributed by atoms with E-state index < -0.39 is 0 Å². The lowest BCUT2D eigenvalue weighted by atomic mass is 9.75. The van der Waals surface area contributed by atoms with Gasteiger partial charge in [-0.3, -0.25) is 4.99 Å². The van der Waals surface area contributed by atoms with Crippen LogP contribution in [0.1, 0.15) is 44.6 Å². The van der Waals surface area contributed by atoms with Crippen molar-refractivity contribution >= 4 is 11.6 Å². The number of hydrogen-bond donors (Lipinski definition) is 1. The average Bonchev–Trinajstić information content (AvgIpc) is 2.77. The Hall–Kier alpha value is -1.51. The molecule has 20 heavy (non-hydrogen) atoms. The standard InChI is InChI=1S/C17H25N3/c1-13-7-6-10-15(11-13)20-16(18)19-12-17(20,2)14-8-4-3-5-9-14/h6-7,10-11,14H,3-5,8-9,12H2,1-2H3,(H2,18,19). The minimum Gasteiger partial charge on any atom is -0.369 e. The zero-order valence-corrected chi connectivity index (χ0v) is 12.6. The van der Waals surface area contributed by atoms with E-state index in [1.54, 1.807) is 0 Å². The van der Waals surface area contributed by atoms with Gasteiger partial charge >= 0.3 is 0 Å². The average molecular weight is 271 g/mol. The monoisotopic (exact) mass is 271 g/mol. The zero-order valence-electron chi connectivity index (χ0n) is 12.6. The van der Waals surface area contributed by atoms with Gasteiger partial charge in [-0.25, -0.2) is 0 Å². The van der Waals surface area contributed by atoms with E-state index in [4.69, 9.17) is 5.73 Å². The predicted molar refractivity (Wildman–Crippen MR) is 85.1 cm³/mol. The number of anilines is 1. The van der Waals surface area contributed by atoms with E-state index in [2.05, 4.69) is 48.0 Å². The summed E-state index contributed by atoms with van der Waals surface area (Å²) in [4.78, 5) is 6.86. The van der Waals surface area contributed by atoms with Gasteiger partial charge in [0.1, 0.15) is 0 Å². The van der Waals surface area contributed by atoms with Crippen LogP contribution >= 0.6 is 0 Å². The summed E-state index contributed by atoms with van der Waals surface area (Å²) in [5.74, 6) is 1.38. The highest BCUT2D eigenvalue weighted by Crippen LogP contribution is 2.41. The fraction of sp³-hybridized carbons (Fsp3) is 0.588. The number of aliphatic imine (C=N–C) groups is 1. The van der Waals surface area contributed by atoms with E-state index in [0.717, 1.165) is 6.54 Å². The van der Waals surface area contributed by atoms with Crippen LogP contribution in [-0.4, -0.2) is 18.0 Å². The molecule has 0 amide bonds. The number of rotatable bonds is 2. The van der Waals surface area contributed by atoms with Gasteiger partial charge in [0, 0.05) is 5.69 Å². The molecule has 1 aromatic carbocycles.